The quantitative estimate of drug-likeness (QED) is 0.868. The van der Waals surface area contributed by atoms with E-state index < -0.39 is 11.9 Å². The van der Waals surface area contributed by atoms with Gasteiger partial charge in [-0.3, -0.25) is 4.79 Å². The molecule has 0 saturated carbocycles. The second-order valence-electron chi connectivity index (χ2n) is 4.77. The van der Waals surface area contributed by atoms with Crippen molar-refractivity contribution in [3.63, 3.8) is 0 Å². The minimum Gasteiger partial charge on any atom is -0.462 e. The van der Waals surface area contributed by atoms with Crippen LogP contribution in [0.4, 0.5) is 0 Å². The van der Waals surface area contributed by atoms with E-state index in [1.54, 1.807) is 6.92 Å². The van der Waals surface area contributed by atoms with E-state index in [1.807, 2.05) is 32.0 Å². The Kier molecular flexibility index (Phi) is 4.07. The Morgan fingerprint density at radius 3 is 2.38 bits per heavy atom. The number of aryl methyl sites for hydroxylation is 2. The number of carbonyl (C=O) groups is 2. The van der Waals surface area contributed by atoms with E-state index in [4.69, 9.17) is 10.5 Å². The number of hydrogen-bond acceptors (Lipinski definition) is 4. The summed E-state index contributed by atoms with van der Waals surface area (Å²) in [6.07, 6.45) is 1.46. The number of aromatic nitrogens is 2. The smallest absolute Gasteiger partial charge is 0.342 e. The van der Waals surface area contributed by atoms with Gasteiger partial charge in [0.1, 0.15) is 5.56 Å². The minimum atomic E-state index is -0.763. The Bertz CT molecular complexity index is 684. The maximum atomic E-state index is 11.9. The Balaban J connectivity index is 2.53. The molecular weight excluding hydrogens is 270 g/mol. The van der Waals surface area contributed by atoms with Crippen LogP contribution in [0.2, 0.25) is 0 Å². The highest BCUT2D eigenvalue weighted by Gasteiger charge is 2.21. The third kappa shape index (κ3) is 3.10. The summed E-state index contributed by atoms with van der Waals surface area (Å²) in [5.41, 5.74) is 8.12. The zero-order chi connectivity index (χ0) is 15.6. The predicted molar refractivity (Wildman–Crippen MR) is 77.5 cm³/mol. The van der Waals surface area contributed by atoms with Crippen LogP contribution in [0.1, 0.15) is 38.9 Å². The molecule has 0 unspecified atom stereocenters. The molecule has 0 aliphatic heterocycles. The number of primary amides is 1. The molecule has 2 rings (SSSR count). The number of amides is 1. The van der Waals surface area contributed by atoms with Crippen LogP contribution in [0.5, 0.6) is 0 Å². The van der Waals surface area contributed by atoms with Gasteiger partial charge >= 0.3 is 5.97 Å². The van der Waals surface area contributed by atoms with Crippen LogP contribution in [0, 0.1) is 13.8 Å². The summed E-state index contributed by atoms with van der Waals surface area (Å²) in [6, 6.07) is 5.83. The fraction of sp³-hybridized carbons (Fsp3) is 0.267. The van der Waals surface area contributed by atoms with E-state index in [0.717, 1.165) is 16.8 Å². The lowest BCUT2D eigenvalue weighted by molar-refractivity contribution is 0.0523. The molecule has 1 heterocycles. The molecule has 0 radical (unpaired) electrons. The lowest BCUT2D eigenvalue weighted by atomic mass is 10.1. The summed E-state index contributed by atoms with van der Waals surface area (Å²) in [4.78, 5) is 23.3. The number of esters is 1. The summed E-state index contributed by atoms with van der Waals surface area (Å²) in [6.45, 7) is 5.82. The highest BCUT2D eigenvalue weighted by Crippen LogP contribution is 2.16. The van der Waals surface area contributed by atoms with E-state index in [9.17, 15) is 9.59 Å². The molecule has 1 aromatic carbocycles. The standard InChI is InChI=1S/C15H17N3O3/c1-4-21-15(20)12-8-18(17-13(12)14(16)19)11-6-9(2)5-10(3)7-11/h5-8H,4H2,1-3H3,(H2,16,19). The molecule has 0 fully saturated rings. The van der Waals surface area contributed by atoms with Crippen molar-refractivity contribution in [3.8, 4) is 5.69 Å². The third-order valence-electron chi connectivity index (χ3n) is 2.91. The van der Waals surface area contributed by atoms with Gasteiger partial charge in [-0.05, 0) is 44.0 Å². The van der Waals surface area contributed by atoms with Gasteiger partial charge in [-0.1, -0.05) is 6.07 Å². The van der Waals surface area contributed by atoms with Crippen LogP contribution in [0.3, 0.4) is 0 Å². The number of carbonyl (C=O) groups excluding carboxylic acids is 2. The van der Waals surface area contributed by atoms with Crippen molar-refractivity contribution in [3.05, 3.63) is 46.8 Å². The highest BCUT2D eigenvalue weighted by molar-refractivity contribution is 6.03. The number of ether oxygens (including phenoxy) is 1. The molecule has 2 N–H and O–H groups in total. The van der Waals surface area contributed by atoms with Gasteiger partial charge in [-0.15, -0.1) is 0 Å². The average molecular weight is 287 g/mol. The van der Waals surface area contributed by atoms with E-state index in [0.29, 0.717) is 0 Å². The van der Waals surface area contributed by atoms with E-state index >= 15 is 0 Å². The zero-order valence-corrected chi connectivity index (χ0v) is 12.2. The molecule has 0 spiro atoms. The maximum Gasteiger partial charge on any atom is 0.342 e. The first-order valence-corrected chi connectivity index (χ1v) is 6.57. The molecule has 0 atom stereocenters. The molecule has 0 bridgehead atoms. The summed E-state index contributed by atoms with van der Waals surface area (Å²) in [5.74, 6) is -1.37. The van der Waals surface area contributed by atoms with Crippen LogP contribution >= 0.6 is 0 Å². The first kappa shape index (κ1) is 14.8. The van der Waals surface area contributed by atoms with E-state index in [-0.39, 0.29) is 17.9 Å². The number of hydrogen-bond donors (Lipinski definition) is 1. The van der Waals surface area contributed by atoms with Crippen molar-refractivity contribution < 1.29 is 14.3 Å². The Hall–Kier alpha value is -2.63. The number of nitrogens with two attached hydrogens (primary N) is 1. The summed E-state index contributed by atoms with van der Waals surface area (Å²) >= 11 is 0. The van der Waals surface area contributed by atoms with Gasteiger partial charge in [0, 0.05) is 6.20 Å². The number of benzene rings is 1. The topological polar surface area (TPSA) is 87.2 Å². The molecular formula is C15H17N3O3. The lowest BCUT2D eigenvalue weighted by Crippen LogP contribution is -2.17. The van der Waals surface area contributed by atoms with Crippen molar-refractivity contribution in [2.45, 2.75) is 20.8 Å². The van der Waals surface area contributed by atoms with Gasteiger partial charge in [-0.2, -0.15) is 5.10 Å². The monoisotopic (exact) mass is 287 g/mol. The van der Waals surface area contributed by atoms with Crippen molar-refractivity contribution >= 4 is 11.9 Å². The fourth-order valence-corrected chi connectivity index (χ4v) is 2.13. The van der Waals surface area contributed by atoms with E-state index in [1.165, 1.54) is 10.9 Å². The Morgan fingerprint density at radius 2 is 1.86 bits per heavy atom. The number of nitrogens with zero attached hydrogens (tertiary/aromatic N) is 2. The van der Waals surface area contributed by atoms with E-state index in [2.05, 4.69) is 5.10 Å². The molecule has 6 nitrogen and oxygen atoms in total. The molecule has 0 aliphatic rings. The molecule has 0 saturated heterocycles. The molecule has 1 aromatic heterocycles. The van der Waals surface area contributed by atoms with Crippen molar-refractivity contribution in [2.75, 3.05) is 6.61 Å². The molecule has 21 heavy (non-hydrogen) atoms. The second kappa shape index (κ2) is 5.78. The van der Waals surface area contributed by atoms with Crippen LogP contribution in [0.15, 0.2) is 24.4 Å². The maximum absolute atomic E-state index is 11.9. The van der Waals surface area contributed by atoms with Gasteiger partial charge in [0.15, 0.2) is 5.69 Å². The first-order chi connectivity index (χ1) is 9.92. The highest BCUT2D eigenvalue weighted by atomic mass is 16.5. The van der Waals surface area contributed by atoms with Gasteiger partial charge in [0.05, 0.1) is 12.3 Å². The van der Waals surface area contributed by atoms with Gasteiger partial charge in [0.2, 0.25) is 0 Å². The summed E-state index contributed by atoms with van der Waals surface area (Å²) in [7, 11) is 0. The van der Waals surface area contributed by atoms with Crippen molar-refractivity contribution in [2.24, 2.45) is 5.73 Å². The lowest BCUT2D eigenvalue weighted by Gasteiger charge is -2.04. The largest absolute Gasteiger partial charge is 0.462 e. The molecule has 6 heteroatoms. The average Bonchev–Trinajstić information content (AvgIpc) is 2.83. The number of rotatable bonds is 4. The predicted octanol–water partition coefficient (Wildman–Crippen LogP) is 1.76. The van der Waals surface area contributed by atoms with Gasteiger partial charge in [-0.25, -0.2) is 9.48 Å². The molecule has 2 aromatic rings. The second-order valence-corrected chi connectivity index (χ2v) is 4.77. The van der Waals surface area contributed by atoms with Crippen molar-refractivity contribution in [1.82, 2.24) is 9.78 Å². The van der Waals surface area contributed by atoms with Crippen molar-refractivity contribution in [1.29, 1.82) is 0 Å². The Labute approximate surface area is 122 Å². The summed E-state index contributed by atoms with van der Waals surface area (Å²) in [5, 5.41) is 4.11. The van der Waals surface area contributed by atoms with Gasteiger partial charge in [0.25, 0.3) is 5.91 Å². The van der Waals surface area contributed by atoms with Crippen LogP contribution < -0.4 is 5.73 Å². The normalized spacial score (nSPS) is 10.4. The fourth-order valence-electron chi connectivity index (χ4n) is 2.13. The SMILES string of the molecule is CCOC(=O)c1cn(-c2cc(C)cc(C)c2)nc1C(N)=O. The molecule has 1 amide bonds. The third-order valence-corrected chi connectivity index (χ3v) is 2.91. The van der Waals surface area contributed by atoms with Crippen LogP contribution in [-0.4, -0.2) is 28.3 Å². The Morgan fingerprint density at radius 1 is 1.24 bits per heavy atom. The minimum absolute atomic E-state index is 0.0727. The first-order valence-electron chi connectivity index (χ1n) is 6.57. The molecule has 0 aliphatic carbocycles. The molecule has 110 valence electrons. The van der Waals surface area contributed by atoms with Gasteiger partial charge < -0.3 is 10.5 Å². The summed E-state index contributed by atoms with van der Waals surface area (Å²) < 4.78 is 6.38. The van der Waals surface area contributed by atoms with Crippen LogP contribution in [-0.2, 0) is 4.74 Å². The van der Waals surface area contributed by atoms with Crippen LogP contribution in [0.25, 0.3) is 5.69 Å². The zero-order valence-electron chi connectivity index (χ0n) is 12.2.